The molecule has 0 aromatic carbocycles. The molecule has 1 heterocycles. The molecular formula is C10H21NS2. The predicted molar refractivity (Wildman–Crippen MR) is 66.0 cm³/mol. The van der Waals surface area contributed by atoms with Gasteiger partial charge >= 0.3 is 0 Å². The van der Waals surface area contributed by atoms with Crippen molar-refractivity contribution in [2.24, 2.45) is 5.92 Å². The van der Waals surface area contributed by atoms with Gasteiger partial charge in [0, 0.05) is 24.6 Å². The molecule has 0 radical (unpaired) electrons. The van der Waals surface area contributed by atoms with Gasteiger partial charge in [-0.2, -0.15) is 24.4 Å². The SMILES string of the molecule is CC(CCS)CCN1CCSCC1. The lowest BCUT2D eigenvalue weighted by Crippen LogP contribution is -2.34. The fraction of sp³-hybridized carbons (Fsp3) is 1.00. The third-order valence-electron chi connectivity index (χ3n) is 2.66. The molecule has 0 amide bonds. The van der Waals surface area contributed by atoms with E-state index in [1.807, 2.05) is 0 Å². The van der Waals surface area contributed by atoms with Crippen LogP contribution < -0.4 is 0 Å². The molecule has 13 heavy (non-hydrogen) atoms. The Hall–Kier alpha value is 0.660. The lowest BCUT2D eigenvalue weighted by molar-refractivity contribution is 0.277. The molecule has 3 heteroatoms. The molecule has 0 aliphatic carbocycles. The summed E-state index contributed by atoms with van der Waals surface area (Å²) < 4.78 is 0. The van der Waals surface area contributed by atoms with Crippen LogP contribution in [-0.4, -0.2) is 41.8 Å². The Morgan fingerprint density at radius 1 is 1.31 bits per heavy atom. The van der Waals surface area contributed by atoms with Gasteiger partial charge in [0.15, 0.2) is 0 Å². The van der Waals surface area contributed by atoms with Crippen LogP contribution in [0.3, 0.4) is 0 Å². The van der Waals surface area contributed by atoms with Crippen molar-refractivity contribution in [3.63, 3.8) is 0 Å². The minimum absolute atomic E-state index is 0.854. The molecule has 78 valence electrons. The maximum atomic E-state index is 4.26. The summed E-state index contributed by atoms with van der Waals surface area (Å²) >= 11 is 6.35. The minimum atomic E-state index is 0.854. The van der Waals surface area contributed by atoms with Gasteiger partial charge in [-0.05, 0) is 31.1 Å². The molecule has 0 aromatic rings. The molecular weight excluding hydrogens is 198 g/mol. The maximum absolute atomic E-state index is 4.26. The Balaban J connectivity index is 2.03. The quantitative estimate of drug-likeness (QED) is 0.707. The van der Waals surface area contributed by atoms with E-state index in [0.717, 1.165) is 11.7 Å². The van der Waals surface area contributed by atoms with Crippen LogP contribution in [-0.2, 0) is 0 Å². The molecule has 0 saturated carbocycles. The standard InChI is InChI=1S/C10H21NS2/c1-10(3-7-12)2-4-11-5-8-13-9-6-11/h10,12H,2-9H2,1H3. The molecule has 1 nitrogen and oxygen atoms in total. The summed E-state index contributed by atoms with van der Waals surface area (Å²) in [5.41, 5.74) is 0. The van der Waals surface area contributed by atoms with Gasteiger partial charge in [0.2, 0.25) is 0 Å². The van der Waals surface area contributed by atoms with Crippen molar-refractivity contribution < 1.29 is 0 Å². The molecule has 0 spiro atoms. The zero-order chi connectivity index (χ0) is 9.52. The van der Waals surface area contributed by atoms with Crippen molar-refractivity contribution in [1.82, 2.24) is 4.90 Å². The van der Waals surface area contributed by atoms with E-state index in [4.69, 9.17) is 0 Å². The van der Waals surface area contributed by atoms with E-state index in [9.17, 15) is 0 Å². The van der Waals surface area contributed by atoms with Crippen LogP contribution >= 0.6 is 24.4 Å². The highest BCUT2D eigenvalue weighted by Crippen LogP contribution is 2.13. The third-order valence-corrected chi connectivity index (χ3v) is 3.86. The van der Waals surface area contributed by atoms with Crippen LogP contribution in [0.1, 0.15) is 19.8 Å². The number of thioether (sulfide) groups is 1. The van der Waals surface area contributed by atoms with E-state index in [1.54, 1.807) is 0 Å². The summed E-state index contributed by atoms with van der Waals surface area (Å²) in [5.74, 6) is 4.56. The normalized spacial score (nSPS) is 21.7. The highest BCUT2D eigenvalue weighted by atomic mass is 32.2. The van der Waals surface area contributed by atoms with Crippen LogP contribution in [0, 0.1) is 5.92 Å². The van der Waals surface area contributed by atoms with Crippen molar-refractivity contribution in [2.75, 3.05) is 36.9 Å². The lowest BCUT2D eigenvalue weighted by Gasteiger charge is -2.27. The first kappa shape index (κ1) is 11.7. The first-order chi connectivity index (χ1) is 6.33. The number of hydrogen-bond donors (Lipinski definition) is 1. The monoisotopic (exact) mass is 219 g/mol. The molecule has 0 bridgehead atoms. The molecule has 1 rings (SSSR count). The van der Waals surface area contributed by atoms with Gasteiger partial charge in [-0.25, -0.2) is 0 Å². The van der Waals surface area contributed by atoms with Crippen molar-refractivity contribution >= 4 is 24.4 Å². The molecule has 0 N–H and O–H groups in total. The average Bonchev–Trinajstić information content (AvgIpc) is 2.17. The van der Waals surface area contributed by atoms with Gasteiger partial charge in [0.05, 0.1) is 0 Å². The maximum Gasteiger partial charge on any atom is 0.00727 e. The van der Waals surface area contributed by atoms with Crippen LogP contribution in [0.25, 0.3) is 0 Å². The van der Waals surface area contributed by atoms with Crippen molar-refractivity contribution in [3.05, 3.63) is 0 Å². The van der Waals surface area contributed by atoms with E-state index in [1.165, 1.54) is 44.0 Å². The first-order valence-corrected chi connectivity index (χ1v) is 7.02. The van der Waals surface area contributed by atoms with Crippen LogP contribution in [0.15, 0.2) is 0 Å². The fourth-order valence-corrected chi connectivity index (χ4v) is 3.01. The highest BCUT2D eigenvalue weighted by Gasteiger charge is 2.10. The van der Waals surface area contributed by atoms with Gasteiger partial charge in [0.25, 0.3) is 0 Å². The second-order valence-corrected chi connectivity index (χ2v) is 5.53. The van der Waals surface area contributed by atoms with E-state index in [0.29, 0.717) is 0 Å². The molecule has 0 aromatic heterocycles. The summed E-state index contributed by atoms with van der Waals surface area (Å²) in [6.07, 6.45) is 2.62. The van der Waals surface area contributed by atoms with E-state index >= 15 is 0 Å². The first-order valence-electron chi connectivity index (χ1n) is 5.24. The molecule has 1 atom stereocenters. The van der Waals surface area contributed by atoms with Crippen LogP contribution in [0.2, 0.25) is 0 Å². The summed E-state index contributed by atoms with van der Waals surface area (Å²) in [7, 11) is 0. The molecule has 1 unspecified atom stereocenters. The zero-order valence-corrected chi connectivity index (χ0v) is 10.2. The van der Waals surface area contributed by atoms with Crippen molar-refractivity contribution in [1.29, 1.82) is 0 Å². The lowest BCUT2D eigenvalue weighted by atomic mass is 10.1. The summed E-state index contributed by atoms with van der Waals surface area (Å²) in [6.45, 7) is 6.25. The van der Waals surface area contributed by atoms with Gasteiger partial charge in [-0.15, -0.1) is 0 Å². The third kappa shape index (κ3) is 5.18. The van der Waals surface area contributed by atoms with Gasteiger partial charge in [-0.1, -0.05) is 6.92 Å². The second-order valence-electron chi connectivity index (χ2n) is 3.86. The predicted octanol–water partition coefficient (Wildman–Crippen LogP) is 2.38. The molecule has 1 saturated heterocycles. The van der Waals surface area contributed by atoms with Crippen LogP contribution in [0.5, 0.6) is 0 Å². The van der Waals surface area contributed by atoms with E-state index < -0.39 is 0 Å². The Morgan fingerprint density at radius 2 is 2.00 bits per heavy atom. The summed E-state index contributed by atoms with van der Waals surface area (Å²) in [5, 5.41) is 0. The Bertz CT molecular complexity index is 124. The van der Waals surface area contributed by atoms with Crippen molar-refractivity contribution in [3.8, 4) is 0 Å². The Morgan fingerprint density at radius 3 is 2.62 bits per heavy atom. The number of thiol groups is 1. The highest BCUT2D eigenvalue weighted by molar-refractivity contribution is 7.99. The van der Waals surface area contributed by atoms with Gasteiger partial charge < -0.3 is 4.90 Å². The topological polar surface area (TPSA) is 3.24 Å². The number of nitrogens with zero attached hydrogens (tertiary/aromatic N) is 1. The fourth-order valence-electron chi connectivity index (χ4n) is 1.59. The molecule has 1 aliphatic rings. The van der Waals surface area contributed by atoms with Crippen LogP contribution in [0.4, 0.5) is 0 Å². The Labute approximate surface area is 92.1 Å². The second kappa shape index (κ2) is 7.02. The van der Waals surface area contributed by atoms with Gasteiger partial charge in [0.1, 0.15) is 0 Å². The number of hydrogen-bond acceptors (Lipinski definition) is 3. The summed E-state index contributed by atoms with van der Waals surface area (Å²) in [6, 6.07) is 0. The van der Waals surface area contributed by atoms with E-state index in [2.05, 4.69) is 36.2 Å². The van der Waals surface area contributed by atoms with E-state index in [-0.39, 0.29) is 0 Å². The minimum Gasteiger partial charge on any atom is -0.302 e. The molecule has 1 fully saturated rings. The number of rotatable bonds is 5. The van der Waals surface area contributed by atoms with Gasteiger partial charge in [-0.3, -0.25) is 0 Å². The summed E-state index contributed by atoms with van der Waals surface area (Å²) in [4.78, 5) is 2.60. The Kier molecular flexibility index (Phi) is 6.33. The largest absolute Gasteiger partial charge is 0.302 e. The average molecular weight is 219 g/mol. The smallest absolute Gasteiger partial charge is 0.00727 e. The molecule has 1 aliphatic heterocycles. The van der Waals surface area contributed by atoms with Crippen molar-refractivity contribution in [2.45, 2.75) is 19.8 Å². The zero-order valence-electron chi connectivity index (χ0n) is 8.54.